The number of H-pyrrole nitrogens is 1. The minimum atomic E-state index is -3.07. The minimum absolute atomic E-state index is 0.0890. The van der Waals surface area contributed by atoms with E-state index in [1.807, 2.05) is 42.3 Å². The molecule has 2 saturated heterocycles. The van der Waals surface area contributed by atoms with Gasteiger partial charge in [0.1, 0.15) is 23.9 Å². The molecule has 50 heavy (non-hydrogen) atoms. The Kier molecular flexibility index (Phi) is 8.08. The summed E-state index contributed by atoms with van der Waals surface area (Å²) >= 11 is 0. The van der Waals surface area contributed by atoms with Crippen molar-refractivity contribution < 1.29 is 18.7 Å². The molecule has 0 bridgehead atoms. The first-order valence-corrected chi connectivity index (χ1v) is 17.0. The molecule has 3 aliphatic heterocycles. The molecule has 2 atom stereocenters. The first-order valence-electron chi connectivity index (χ1n) is 17.0. The molecule has 0 radical (unpaired) electrons. The lowest BCUT2D eigenvalue weighted by atomic mass is 9.85. The number of hydrogen-bond acceptors (Lipinski definition) is 8. The van der Waals surface area contributed by atoms with Crippen LogP contribution in [-0.4, -0.2) is 96.3 Å². The third-order valence-electron chi connectivity index (χ3n) is 10.5. The van der Waals surface area contributed by atoms with Crippen molar-refractivity contribution in [2.24, 2.45) is 12.5 Å². The summed E-state index contributed by atoms with van der Waals surface area (Å²) in [6.07, 6.45) is 6.94. The number of carbonyl (C=O) groups excluding carboxylic acids is 1. The summed E-state index contributed by atoms with van der Waals surface area (Å²) in [7, 11) is 1.85. The SMILES string of the molecule is Cn1cnc(-c2ccc(C3=CCN(C(O)CN4CC[C@]5(CCN(c6ccc7[nH]nc(-c8ccnc(C(C)(F)F)c8)c7c6)C5=O)C4)CC3)cc2)n1. The van der Waals surface area contributed by atoms with Crippen LogP contribution in [-0.2, 0) is 17.8 Å². The standard InChI is InChI=1S/C37H39F2N9O2/c1-36(38,39)31-19-27(9-14-40-31)33-29-20-28(7-8-30(29)42-43-33)48-18-13-37(35(48)50)12-17-46(22-37)21-32(49)47-15-10-25(11-16-47)24-3-5-26(6-4-24)34-41-23-45(2)44-34/h3-10,14,19-20,23,32,49H,11-13,15-18,21-22H2,1-2H3,(H,42,43)/t32?,37-/m0/s1. The number of aromatic nitrogens is 6. The summed E-state index contributed by atoms with van der Waals surface area (Å²) < 4.78 is 29.7. The summed E-state index contributed by atoms with van der Waals surface area (Å²) in [6, 6.07) is 17.0. The molecule has 2 fully saturated rings. The van der Waals surface area contributed by atoms with Crippen LogP contribution in [0.3, 0.4) is 0 Å². The fourth-order valence-electron chi connectivity index (χ4n) is 7.64. The van der Waals surface area contributed by atoms with Crippen molar-refractivity contribution in [1.29, 1.82) is 0 Å². The Hall–Kier alpha value is -4.85. The molecule has 258 valence electrons. The number of fused-ring (bicyclic) bond motifs is 1. The fraction of sp³-hybridized carbons (Fsp3) is 0.378. The van der Waals surface area contributed by atoms with E-state index in [1.54, 1.807) is 17.1 Å². The number of rotatable bonds is 8. The number of aliphatic hydroxyl groups is 1. The second-order valence-corrected chi connectivity index (χ2v) is 13.9. The van der Waals surface area contributed by atoms with E-state index in [2.05, 4.69) is 53.3 Å². The van der Waals surface area contributed by atoms with E-state index in [4.69, 9.17) is 0 Å². The third-order valence-corrected chi connectivity index (χ3v) is 10.5. The van der Waals surface area contributed by atoms with E-state index in [9.17, 15) is 18.7 Å². The van der Waals surface area contributed by atoms with Crippen molar-refractivity contribution in [3.63, 3.8) is 0 Å². The molecule has 8 rings (SSSR count). The predicted molar refractivity (Wildman–Crippen MR) is 186 cm³/mol. The van der Waals surface area contributed by atoms with Gasteiger partial charge in [0.05, 0.1) is 10.9 Å². The van der Waals surface area contributed by atoms with E-state index >= 15 is 0 Å². The first-order chi connectivity index (χ1) is 24.1. The third kappa shape index (κ3) is 5.99. The number of aryl methyl sites for hydroxylation is 1. The van der Waals surface area contributed by atoms with Gasteiger partial charge in [-0.1, -0.05) is 30.3 Å². The van der Waals surface area contributed by atoms with Crippen molar-refractivity contribution >= 4 is 28.1 Å². The number of benzene rings is 2. The minimum Gasteiger partial charge on any atom is -0.377 e. The average molecular weight is 680 g/mol. The lowest BCUT2D eigenvalue weighted by molar-refractivity contribution is -0.125. The number of anilines is 1. The Bertz CT molecular complexity index is 2090. The zero-order valence-corrected chi connectivity index (χ0v) is 28.1. The van der Waals surface area contributed by atoms with Gasteiger partial charge in [-0.15, -0.1) is 0 Å². The summed E-state index contributed by atoms with van der Waals surface area (Å²) in [4.78, 5) is 28.3. The normalized spacial score (nSPS) is 21.1. The number of nitrogens with one attached hydrogen (secondary N) is 1. The van der Waals surface area contributed by atoms with Gasteiger partial charge in [0.2, 0.25) is 5.91 Å². The van der Waals surface area contributed by atoms with Crippen LogP contribution in [0.2, 0.25) is 0 Å². The number of halogens is 2. The Morgan fingerprint density at radius 2 is 1.80 bits per heavy atom. The number of carbonyl (C=O) groups is 1. The average Bonchev–Trinajstić information content (AvgIpc) is 3.92. The second kappa shape index (κ2) is 12.5. The van der Waals surface area contributed by atoms with Gasteiger partial charge >= 0.3 is 0 Å². The number of hydrogen-bond donors (Lipinski definition) is 2. The van der Waals surface area contributed by atoms with Crippen LogP contribution in [0.25, 0.3) is 39.1 Å². The quantitative estimate of drug-likeness (QED) is 0.234. The highest BCUT2D eigenvalue weighted by Gasteiger charge is 2.51. The number of pyridine rings is 1. The van der Waals surface area contributed by atoms with Crippen molar-refractivity contribution in [3.05, 3.63) is 84.5 Å². The van der Waals surface area contributed by atoms with Crippen LogP contribution >= 0.6 is 0 Å². The van der Waals surface area contributed by atoms with Gasteiger partial charge in [0, 0.05) is 75.1 Å². The van der Waals surface area contributed by atoms with Crippen LogP contribution in [0.4, 0.5) is 14.5 Å². The molecule has 2 aromatic carbocycles. The highest BCUT2D eigenvalue weighted by atomic mass is 19.3. The molecular weight excluding hydrogens is 640 g/mol. The molecule has 6 heterocycles. The number of nitrogens with zero attached hydrogens (tertiary/aromatic N) is 8. The van der Waals surface area contributed by atoms with Crippen molar-refractivity contribution in [2.45, 2.75) is 38.3 Å². The lowest BCUT2D eigenvalue weighted by Gasteiger charge is -2.33. The zero-order chi connectivity index (χ0) is 34.6. The summed E-state index contributed by atoms with van der Waals surface area (Å²) in [5, 5.41) is 23.8. The maximum absolute atomic E-state index is 14.0. The molecule has 2 N–H and O–H groups in total. The smallest absolute Gasteiger partial charge is 0.286 e. The molecule has 3 aliphatic rings. The summed E-state index contributed by atoms with van der Waals surface area (Å²) in [5.41, 5.74) is 5.17. The van der Waals surface area contributed by atoms with E-state index in [0.717, 1.165) is 61.4 Å². The molecule has 3 aromatic heterocycles. The van der Waals surface area contributed by atoms with Gasteiger partial charge in [-0.05, 0) is 67.3 Å². The van der Waals surface area contributed by atoms with E-state index in [-0.39, 0.29) is 11.6 Å². The Balaban J connectivity index is 0.901. The monoisotopic (exact) mass is 679 g/mol. The van der Waals surface area contributed by atoms with E-state index in [0.29, 0.717) is 43.3 Å². The Labute approximate surface area is 288 Å². The molecule has 11 nitrogen and oxygen atoms in total. The number of aliphatic hydroxyl groups excluding tert-OH is 1. The van der Waals surface area contributed by atoms with Crippen molar-refractivity contribution in [1.82, 2.24) is 39.7 Å². The topological polar surface area (TPSA) is 119 Å². The number of β-amino-alcohol motifs (C(OH)–C–C–N with tert-alkyl or cyclic N) is 1. The second-order valence-electron chi connectivity index (χ2n) is 13.9. The Morgan fingerprint density at radius 3 is 2.54 bits per heavy atom. The fourth-order valence-corrected chi connectivity index (χ4v) is 7.64. The molecule has 5 aromatic rings. The van der Waals surface area contributed by atoms with Crippen LogP contribution in [0.1, 0.15) is 37.4 Å². The molecule has 1 spiro atoms. The highest BCUT2D eigenvalue weighted by Crippen LogP contribution is 2.43. The van der Waals surface area contributed by atoms with Crippen molar-refractivity contribution in [3.8, 4) is 22.6 Å². The zero-order valence-electron chi connectivity index (χ0n) is 28.1. The summed E-state index contributed by atoms with van der Waals surface area (Å²) in [5.74, 6) is -2.28. The number of alkyl halides is 2. The van der Waals surface area contributed by atoms with Crippen LogP contribution in [0.5, 0.6) is 0 Å². The molecule has 0 aliphatic carbocycles. The van der Waals surface area contributed by atoms with Crippen LogP contribution in [0.15, 0.2) is 73.2 Å². The van der Waals surface area contributed by atoms with Gasteiger partial charge in [-0.25, -0.2) is 4.98 Å². The van der Waals surface area contributed by atoms with Crippen LogP contribution < -0.4 is 4.90 Å². The van der Waals surface area contributed by atoms with Gasteiger partial charge in [0.25, 0.3) is 5.92 Å². The van der Waals surface area contributed by atoms with Gasteiger partial charge in [0.15, 0.2) is 5.82 Å². The summed E-state index contributed by atoms with van der Waals surface area (Å²) in [6.45, 7) is 4.67. The molecule has 13 heteroatoms. The molecule has 0 saturated carbocycles. The predicted octanol–water partition coefficient (Wildman–Crippen LogP) is 5.07. The van der Waals surface area contributed by atoms with Gasteiger partial charge in [-0.3, -0.25) is 29.4 Å². The number of amides is 1. The first kappa shape index (κ1) is 32.4. The number of aromatic amines is 1. The van der Waals surface area contributed by atoms with Gasteiger partial charge in [-0.2, -0.15) is 19.0 Å². The maximum Gasteiger partial charge on any atom is 0.286 e. The van der Waals surface area contributed by atoms with Crippen LogP contribution in [0, 0.1) is 5.41 Å². The largest absolute Gasteiger partial charge is 0.377 e. The molecule has 1 amide bonds. The molecular formula is C37H39F2N9O2. The van der Waals surface area contributed by atoms with E-state index < -0.39 is 17.6 Å². The molecule has 1 unspecified atom stereocenters. The lowest BCUT2D eigenvalue weighted by Crippen LogP contribution is -2.46. The highest BCUT2D eigenvalue weighted by molar-refractivity contribution is 6.03. The maximum atomic E-state index is 14.0. The Morgan fingerprint density at radius 1 is 1.00 bits per heavy atom. The van der Waals surface area contributed by atoms with Crippen molar-refractivity contribution in [2.75, 3.05) is 44.2 Å². The van der Waals surface area contributed by atoms with E-state index in [1.165, 1.54) is 23.4 Å². The van der Waals surface area contributed by atoms with Gasteiger partial charge < -0.3 is 10.0 Å². The number of likely N-dealkylation sites (tertiary alicyclic amines) is 1.